The quantitative estimate of drug-likeness (QED) is 0.821. The van der Waals surface area contributed by atoms with E-state index in [-0.39, 0.29) is 11.2 Å². The Kier molecular flexibility index (Phi) is 5.46. The molecular formula is C16H15ClN2O2S. The number of anilines is 1. The van der Waals surface area contributed by atoms with Gasteiger partial charge in [0.1, 0.15) is 0 Å². The van der Waals surface area contributed by atoms with E-state index in [1.54, 1.807) is 43.3 Å². The maximum Gasteiger partial charge on any atom is 0.250 e. The first-order valence-corrected chi connectivity index (χ1v) is 7.85. The van der Waals surface area contributed by atoms with Crippen molar-refractivity contribution >= 4 is 40.9 Å². The zero-order chi connectivity index (χ0) is 16.1. The number of nitrogens with two attached hydrogens (primary N) is 1. The summed E-state index contributed by atoms with van der Waals surface area (Å²) in [5.41, 5.74) is 6.01. The fourth-order valence-electron chi connectivity index (χ4n) is 1.81. The smallest absolute Gasteiger partial charge is 0.250 e. The van der Waals surface area contributed by atoms with Crippen LogP contribution in [-0.4, -0.2) is 17.1 Å². The second kappa shape index (κ2) is 7.33. The number of carbonyl (C=O) groups is 2. The van der Waals surface area contributed by atoms with Gasteiger partial charge in [-0.05, 0) is 43.3 Å². The van der Waals surface area contributed by atoms with Gasteiger partial charge >= 0.3 is 0 Å². The molecule has 0 heterocycles. The third-order valence-corrected chi connectivity index (χ3v) is 4.31. The SMILES string of the molecule is C[C@H](Sc1ccc(Cl)cc1)C(=O)Nc1ccccc1C(N)=O. The molecule has 0 unspecified atom stereocenters. The van der Waals surface area contributed by atoms with Gasteiger partial charge in [-0.2, -0.15) is 0 Å². The number of rotatable bonds is 5. The Morgan fingerprint density at radius 2 is 1.77 bits per heavy atom. The van der Waals surface area contributed by atoms with Crippen LogP contribution in [0, 0.1) is 0 Å². The highest BCUT2D eigenvalue weighted by atomic mass is 35.5. The molecule has 2 aromatic carbocycles. The van der Waals surface area contributed by atoms with E-state index in [0.717, 1.165) is 4.90 Å². The second-order valence-electron chi connectivity index (χ2n) is 4.61. The number of carbonyl (C=O) groups excluding carboxylic acids is 2. The Morgan fingerprint density at radius 3 is 2.41 bits per heavy atom. The predicted octanol–water partition coefficient (Wildman–Crippen LogP) is 3.56. The molecule has 6 heteroatoms. The molecule has 2 amide bonds. The molecule has 0 spiro atoms. The lowest BCUT2D eigenvalue weighted by molar-refractivity contribution is -0.115. The topological polar surface area (TPSA) is 72.2 Å². The zero-order valence-corrected chi connectivity index (χ0v) is 13.4. The normalized spacial score (nSPS) is 11.7. The summed E-state index contributed by atoms with van der Waals surface area (Å²) in [5.74, 6) is -0.775. The van der Waals surface area contributed by atoms with Gasteiger partial charge in [0.25, 0.3) is 5.91 Å². The first-order chi connectivity index (χ1) is 10.5. The fourth-order valence-corrected chi connectivity index (χ4v) is 2.81. The lowest BCUT2D eigenvalue weighted by Gasteiger charge is -2.13. The molecular weight excluding hydrogens is 320 g/mol. The van der Waals surface area contributed by atoms with Crippen molar-refractivity contribution < 1.29 is 9.59 Å². The molecule has 0 saturated heterocycles. The van der Waals surface area contributed by atoms with Gasteiger partial charge in [-0.25, -0.2) is 0 Å². The third kappa shape index (κ3) is 4.26. The van der Waals surface area contributed by atoms with E-state index < -0.39 is 5.91 Å². The number of halogens is 1. The summed E-state index contributed by atoms with van der Waals surface area (Å²) in [6, 6.07) is 13.9. The Balaban J connectivity index is 2.05. The number of para-hydroxylation sites is 1. The van der Waals surface area contributed by atoms with E-state index in [2.05, 4.69) is 5.32 Å². The summed E-state index contributed by atoms with van der Waals surface area (Å²) >= 11 is 7.24. The minimum Gasteiger partial charge on any atom is -0.366 e. The number of thioether (sulfide) groups is 1. The molecule has 0 fully saturated rings. The monoisotopic (exact) mass is 334 g/mol. The fraction of sp³-hybridized carbons (Fsp3) is 0.125. The largest absolute Gasteiger partial charge is 0.366 e. The van der Waals surface area contributed by atoms with Gasteiger partial charge in [-0.1, -0.05) is 23.7 Å². The molecule has 2 rings (SSSR count). The molecule has 4 nitrogen and oxygen atoms in total. The van der Waals surface area contributed by atoms with Crippen molar-refractivity contribution in [2.75, 3.05) is 5.32 Å². The number of primary amides is 1. The number of hydrogen-bond acceptors (Lipinski definition) is 3. The van der Waals surface area contributed by atoms with Crippen LogP contribution in [0.1, 0.15) is 17.3 Å². The average Bonchev–Trinajstić information content (AvgIpc) is 2.49. The zero-order valence-electron chi connectivity index (χ0n) is 11.9. The van der Waals surface area contributed by atoms with E-state index in [1.165, 1.54) is 11.8 Å². The van der Waals surface area contributed by atoms with Crippen molar-refractivity contribution in [3.63, 3.8) is 0 Å². The maximum absolute atomic E-state index is 12.2. The van der Waals surface area contributed by atoms with Crippen molar-refractivity contribution in [3.8, 4) is 0 Å². The van der Waals surface area contributed by atoms with Crippen LogP contribution in [0.3, 0.4) is 0 Å². The van der Waals surface area contributed by atoms with E-state index >= 15 is 0 Å². The lowest BCUT2D eigenvalue weighted by atomic mass is 10.1. The van der Waals surface area contributed by atoms with Gasteiger partial charge in [0.05, 0.1) is 16.5 Å². The third-order valence-electron chi connectivity index (χ3n) is 2.95. The molecule has 0 aliphatic heterocycles. The van der Waals surface area contributed by atoms with Crippen LogP contribution in [0.25, 0.3) is 0 Å². The summed E-state index contributed by atoms with van der Waals surface area (Å²) < 4.78 is 0. The van der Waals surface area contributed by atoms with Crippen LogP contribution < -0.4 is 11.1 Å². The summed E-state index contributed by atoms with van der Waals surface area (Å²) in [5, 5.41) is 3.06. The van der Waals surface area contributed by atoms with E-state index in [4.69, 9.17) is 17.3 Å². The van der Waals surface area contributed by atoms with Crippen molar-refractivity contribution in [1.82, 2.24) is 0 Å². The molecule has 0 aliphatic rings. The standard InChI is InChI=1S/C16H15ClN2O2S/c1-10(22-12-8-6-11(17)7-9-12)16(21)19-14-5-3-2-4-13(14)15(18)20/h2-10H,1H3,(H2,18,20)(H,19,21)/t10-/m0/s1. The molecule has 2 aromatic rings. The first-order valence-electron chi connectivity index (χ1n) is 6.59. The van der Waals surface area contributed by atoms with Gasteiger partial charge in [-0.3, -0.25) is 9.59 Å². The van der Waals surface area contributed by atoms with Crippen molar-refractivity contribution in [3.05, 3.63) is 59.1 Å². The molecule has 0 bridgehead atoms. The average molecular weight is 335 g/mol. The Bertz CT molecular complexity index is 689. The van der Waals surface area contributed by atoms with E-state index in [9.17, 15) is 9.59 Å². The predicted molar refractivity (Wildman–Crippen MR) is 90.4 cm³/mol. The molecule has 3 N–H and O–H groups in total. The van der Waals surface area contributed by atoms with Gasteiger partial charge in [0.15, 0.2) is 0 Å². The van der Waals surface area contributed by atoms with Gasteiger partial charge in [-0.15, -0.1) is 11.8 Å². The van der Waals surface area contributed by atoms with Crippen molar-refractivity contribution in [1.29, 1.82) is 0 Å². The molecule has 0 saturated carbocycles. The molecule has 0 aliphatic carbocycles. The van der Waals surface area contributed by atoms with Crippen LogP contribution in [-0.2, 0) is 4.79 Å². The minimum atomic E-state index is -0.575. The highest BCUT2D eigenvalue weighted by molar-refractivity contribution is 8.00. The summed E-state index contributed by atoms with van der Waals surface area (Å²) in [6.45, 7) is 1.79. The second-order valence-corrected chi connectivity index (χ2v) is 6.46. The Labute approximate surface area is 138 Å². The maximum atomic E-state index is 12.2. The molecule has 114 valence electrons. The summed E-state index contributed by atoms with van der Waals surface area (Å²) in [7, 11) is 0. The first kappa shape index (κ1) is 16.4. The number of amides is 2. The number of nitrogens with one attached hydrogen (secondary N) is 1. The van der Waals surface area contributed by atoms with Gasteiger partial charge in [0.2, 0.25) is 5.91 Å². The van der Waals surface area contributed by atoms with Crippen molar-refractivity contribution in [2.45, 2.75) is 17.1 Å². The Hall–Kier alpha value is -1.98. The van der Waals surface area contributed by atoms with Crippen LogP contribution >= 0.6 is 23.4 Å². The lowest BCUT2D eigenvalue weighted by Crippen LogP contribution is -2.24. The highest BCUT2D eigenvalue weighted by Crippen LogP contribution is 2.26. The number of hydrogen-bond donors (Lipinski definition) is 2. The Morgan fingerprint density at radius 1 is 1.14 bits per heavy atom. The van der Waals surface area contributed by atoms with Crippen molar-refractivity contribution in [2.24, 2.45) is 5.73 Å². The summed E-state index contributed by atoms with van der Waals surface area (Å²) in [6.07, 6.45) is 0. The molecule has 0 radical (unpaired) electrons. The molecule has 22 heavy (non-hydrogen) atoms. The van der Waals surface area contributed by atoms with Crippen LogP contribution in [0.5, 0.6) is 0 Å². The van der Waals surface area contributed by atoms with Crippen LogP contribution in [0.4, 0.5) is 5.69 Å². The van der Waals surface area contributed by atoms with Crippen LogP contribution in [0.15, 0.2) is 53.4 Å². The molecule has 0 aromatic heterocycles. The van der Waals surface area contributed by atoms with Gasteiger partial charge in [0, 0.05) is 9.92 Å². The van der Waals surface area contributed by atoms with E-state index in [0.29, 0.717) is 16.3 Å². The summed E-state index contributed by atoms with van der Waals surface area (Å²) in [4.78, 5) is 24.5. The van der Waals surface area contributed by atoms with E-state index in [1.807, 2.05) is 12.1 Å². The number of benzene rings is 2. The highest BCUT2D eigenvalue weighted by Gasteiger charge is 2.17. The minimum absolute atomic E-state index is 0.200. The van der Waals surface area contributed by atoms with Crippen LogP contribution in [0.2, 0.25) is 5.02 Å². The van der Waals surface area contributed by atoms with Gasteiger partial charge < -0.3 is 11.1 Å². The molecule has 1 atom stereocenters.